The topological polar surface area (TPSA) is 42.2 Å². The van der Waals surface area contributed by atoms with Crippen molar-refractivity contribution >= 4 is 11.3 Å². The van der Waals surface area contributed by atoms with Crippen molar-refractivity contribution in [2.45, 2.75) is 32.4 Å². The van der Waals surface area contributed by atoms with Crippen molar-refractivity contribution in [2.24, 2.45) is 5.73 Å². The summed E-state index contributed by atoms with van der Waals surface area (Å²) in [5.41, 5.74) is 5.73. The van der Waals surface area contributed by atoms with Crippen molar-refractivity contribution in [1.29, 1.82) is 0 Å². The summed E-state index contributed by atoms with van der Waals surface area (Å²) in [6.07, 6.45) is 4.54. The summed E-state index contributed by atoms with van der Waals surface area (Å²) >= 11 is 1.79. The van der Waals surface area contributed by atoms with Gasteiger partial charge in [-0.25, -0.2) is 4.98 Å². The molecular formula is C10H17N3S. The summed E-state index contributed by atoms with van der Waals surface area (Å²) in [6, 6.07) is 0.595. The van der Waals surface area contributed by atoms with E-state index in [2.05, 4.69) is 16.8 Å². The fraction of sp³-hybridized carbons (Fsp3) is 0.700. The number of hydrogen-bond donors (Lipinski definition) is 1. The monoisotopic (exact) mass is 211 g/mol. The van der Waals surface area contributed by atoms with E-state index in [1.165, 1.54) is 24.3 Å². The van der Waals surface area contributed by atoms with E-state index in [-0.39, 0.29) is 0 Å². The molecule has 1 atom stereocenters. The third kappa shape index (κ3) is 2.13. The van der Waals surface area contributed by atoms with Gasteiger partial charge in [0, 0.05) is 30.2 Å². The van der Waals surface area contributed by atoms with Gasteiger partial charge in [-0.1, -0.05) is 0 Å². The lowest BCUT2D eigenvalue weighted by atomic mass is 10.2. The fourth-order valence-electron chi connectivity index (χ4n) is 2.05. The zero-order valence-electron chi connectivity index (χ0n) is 8.57. The Morgan fingerprint density at radius 2 is 2.57 bits per heavy atom. The van der Waals surface area contributed by atoms with Crippen molar-refractivity contribution in [3.8, 4) is 0 Å². The first-order valence-corrected chi connectivity index (χ1v) is 5.96. The predicted molar refractivity (Wildman–Crippen MR) is 59.3 cm³/mol. The summed E-state index contributed by atoms with van der Waals surface area (Å²) in [7, 11) is 0. The number of aromatic nitrogens is 1. The number of aryl methyl sites for hydroxylation is 1. The molecule has 1 aliphatic heterocycles. The van der Waals surface area contributed by atoms with Crippen LogP contribution < -0.4 is 5.73 Å². The van der Waals surface area contributed by atoms with Gasteiger partial charge in [0.25, 0.3) is 0 Å². The zero-order chi connectivity index (χ0) is 9.97. The van der Waals surface area contributed by atoms with Crippen LogP contribution >= 0.6 is 11.3 Å². The van der Waals surface area contributed by atoms with Crippen molar-refractivity contribution in [2.75, 3.05) is 13.1 Å². The Morgan fingerprint density at radius 1 is 1.71 bits per heavy atom. The van der Waals surface area contributed by atoms with Crippen molar-refractivity contribution in [3.05, 3.63) is 16.1 Å². The molecule has 2 N–H and O–H groups in total. The van der Waals surface area contributed by atoms with Crippen LogP contribution in [0.1, 0.15) is 22.7 Å². The van der Waals surface area contributed by atoms with Gasteiger partial charge in [-0.2, -0.15) is 0 Å². The molecule has 3 nitrogen and oxygen atoms in total. The molecule has 1 saturated heterocycles. The summed E-state index contributed by atoms with van der Waals surface area (Å²) in [5.74, 6) is 0. The van der Waals surface area contributed by atoms with Crippen LogP contribution in [-0.4, -0.2) is 29.0 Å². The molecule has 2 rings (SSSR count). The lowest BCUT2D eigenvalue weighted by Gasteiger charge is -2.21. The lowest BCUT2D eigenvalue weighted by Crippen LogP contribution is -2.34. The Labute approximate surface area is 88.9 Å². The molecule has 1 unspecified atom stereocenters. The van der Waals surface area contributed by atoms with E-state index < -0.39 is 0 Å². The highest BCUT2D eigenvalue weighted by atomic mass is 32.1. The number of hydrogen-bond acceptors (Lipinski definition) is 4. The van der Waals surface area contributed by atoms with E-state index in [1.54, 1.807) is 11.3 Å². The molecule has 78 valence electrons. The van der Waals surface area contributed by atoms with Crippen LogP contribution in [0.15, 0.2) is 6.20 Å². The standard InChI is InChI=1S/C10H17N3S/c1-8-12-6-10(14-8)7-13-4-2-3-9(13)5-11/h6,9H,2-5,7,11H2,1H3. The summed E-state index contributed by atoms with van der Waals surface area (Å²) in [4.78, 5) is 8.11. The Bertz CT molecular complexity index is 297. The van der Waals surface area contributed by atoms with E-state index in [1.807, 2.05) is 6.20 Å². The van der Waals surface area contributed by atoms with Crippen LogP contribution in [0.2, 0.25) is 0 Å². The zero-order valence-corrected chi connectivity index (χ0v) is 9.39. The summed E-state index contributed by atoms with van der Waals surface area (Å²) < 4.78 is 0. The average molecular weight is 211 g/mol. The molecule has 1 aliphatic rings. The Morgan fingerprint density at radius 3 is 3.21 bits per heavy atom. The van der Waals surface area contributed by atoms with E-state index >= 15 is 0 Å². The molecule has 1 fully saturated rings. The van der Waals surface area contributed by atoms with Crippen molar-refractivity contribution < 1.29 is 0 Å². The maximum Gasteiger partial charge on any atom is 0.0897 e. The maximum atomic E-state index is 5.73. The van der Waals surface area contributed by atoms with Gasteiger partial charge in [0.2, 0.25) is 0 Å². The molecule has 0 aromatic carbocycles. The first-order chi connectivity index (χ1) is 6.79. The van der Waals surface area contributed by atoms with Crippen LogP contribution in [0, 0.1) is 6.92 Å². The molecule has 1 aromatic heterocycles. The maximum absolute atomic E-state index is 5.73. The molecule has 0 amide bonds. The highest BCUT2D eigenvalue weighted by Gasteiger charge is 2.23. The Kier molecular flexibility index (Phi) is 3.15. The van der Waals surface area contributed by atoms with Gasteiger partial charge in [-0.3, -0.25) is 4.90 Å². The smallest absolute Gasteiger partial charge is 0.0897 e. The van der Waals surface area contributed by atoms with E-state index in [4.69, 9.17) is 5.73 Å². The predicted octanol–water partition coefficient (Wildman–Crippen LogP) is 1.37. The van der Waals surface area contributed by atoms with Gasteiger partial charge >= 0.3 is 0 Å². The average Bonchev–Trinajstić information content (AvgIpc) is 2.76. The van der Waals surface area contributed by atoms with Gasteiger partial charge < -0.3 is 5.73 Å². The Balaban J connectivity index is 1.96. The van der Waals surface area contributed by atoms with E-state index in [9.17, 15) is 0 Å². The number of rotatable bonds is 3. The second-order valence-corrected chi connectivity index (χ2v) is 5.17. The summed E-state index contributed by atoms with van der Waals surface area (Å²) in [6.45, 7) is 5.07. The quantitative estimate of drug-likeness (QED) is 0.821. The van der Waals surface area contributed by atoms with Crippen LogP contribution in [0.5, 0.6) is 0 Å². The molecule has 0 bridgehead atoms. The molecule has 1 aromatic rings. The van der Waals surface area contributed by atoms with Crippen LogP contribution in [0.4, 0.5) is 0 Å². The highest BCUT2D eigenvalue weighted by molar-refractivity contribution is 7.11. The van der Waals surface area contributed by atoms with Gasteiger partial charge in [-0.05, 0) is 26.3 Å². The number of likely N-dealkylation sites (tertiary alicyclic amines) is 1. The van der Waals surface area contributed by atoms with E-state index in [0.717, 1.165) is 18.1 Å². The second-order valence-electron chi connectivity index (χ2n) is 3.85. The highest BCUT2D eigenvalue weighted by Crippen LogP contribution is 2.21. The lowest BCUT2D eigenvalue weighted by molar-refractivity contribution is 0.252. The molecular weight excluding hydrogens is 194 g/mol. The molecule has 0 saturated carbocycles. The van der Waals surface area contributed by atoms with Crippen molar-refractivity contribution in [3.63, 3.8) is 0 Å². The molecule has 0 aliphatic carbocycles. The first-order valence-electron chi connectivity index (χ1n) is 5.15. The van der Waals surface area contributed by atoms with Gasteiger partial charge in [0.1, 0.15) is 0 Å². The number of thiazole rings is 1. The normalized spacial score (nSPS) is 23.1. The van der Waals surface area contributed by atoms with Crippen LogP contribution in [0.25, 0.3) is 0 Å². The van der Waals surface area contributed by atoms with Crippen LogP contribution in [0.3, 0.4) is 0 Å². The third-order valence-electron chi connectivity index (χ3n) is 2.80. The molecule has 14 heavy (non-hydrogen) atoms. The second kappa shape index (κ2) is 4.38. The molecule has 0 spiro atoms. The first kappa shape index (κ1) is 10.1. The van der Waals surface area contributed by atoms with Gasteiger partial charge in [0.15, 0.2) is 0 Å². The third-order valence-corrected chi connectivity index (χ3v) is 3.70. The van der Waals surface area contributed by atoms with Crippen molar-refractivity contribution in [1.82, 2.24) is 9.88 Å². The molecule has 0 radical (unpaired) electrons. The van der Waals surface area contributed by atoms with E-state index in [0.29, 0.717) is 6.04 Å². The summed E-state index contributed by atoms with van der Waals surface area (Å²) in [5, 5.41) is 1.16. The number of nitrogens with zero attached hydrogens (tertiary/aromatic N) is 2. The molecule has 2 heterocycles. The fourth-order valence-corrected chi connectivity index (χ4v) is 2.87. The largest absolute Gasteiger partial charge is 0.329 e. The number of nitrogens with two attached hydrogens (primary N) is 1. The Hall–Kier alpha value is -0.450. The molecule has 4 heteroatoms. The van der Waals surface area contributed by atoms with Gasteiger partial charge in [0.05, 0.1) is 5.01 Å². The van der Waals surface area contributed by atoms with Crippen LogP contribution in [-0.2, 0) is 6.54 Å². The minimum absolute atomic E-state index is 0.595. The minimum Gasteiger partial charge on any atom is -0.329 e. The van der Waals surface area contributed by atoms with Gasteiger partial charge in [-0.15, -0.1) is 11.3 Å². The SMILES string of the molecule is Cc1ncc(CN2CCCC2CN)s1. The minimum atomic E-state index is 0.595.